The molecule has 42 heavy (non-hydrogen) atoms. The van der Waals surface area contributed by atoms with E-state index in [0.717, 1.165) is 21.0 Å². The number of carbonyl (C=O) groups excluding carboxylic acids is 2. The van der Waals surface area contributed by atoms with Gasteiger partial charge in [-0.05, 0) is 60.9 Å². The van der Waals surface area contributed by atoms with Crippen molar-refractivity contribution >= 4 is 39.1 Å². The lowest BCUT2D eigenvalue weighted by Crippen LogP contribution is -2.53. The second kappa shape index (κ2) is 13.7. The second-order valence-electron chi connectivity index (χ2n) is 10.1. The van der Waals surface area contributed by atoms with E-state index in [2.05, 4.69) is 5.32 Å². The molecule has 4 aromatic carbocycles. The van der Waals surface area contributed by atoms with E-state index in [4.69, 9.17) is 11.6 Å². The van der Waals surface area contributed by atoms with Crippen molar-refractivity contribution in [2.24, 2.45) is 0 Å². The summed E-state index contributed by atoms with van der Waals surface area (Å²) >= 11 is 6.11. The normalized spacial score (nSPS) is 11.9. The van der Waals surface area contributed by atoms with E-state index in [0.29, 0.717) is 16.3 Å². The Morgan fingerprint density at radius 1 is 0.810 bits per heavy atom. The highest BCUT2D eigenvalue weighted by atomic mass is 35.5. The average molecular weight is 604 g/mol. The van der Waals surface area contributed by atoms with Crippen LogP contribution in [-0.2, 0) is 32.6 Å². The number of rotatable bonds is 11. The summed E-state index contributed by atoms with van der Waals surface area (Å²) in [4.78, 5) is 29.1. The molecular formula is C33H34ClN3O4S. The highest BCUT2D eigenvalue weighted by Crippen LogP contribution is 2.28. The molecule has 0 radical (unpaired) electrons. The number of amides is 2. The van der Waals surface area contributed by atoms with Crippen molar-refractivity contribution < 1.29 is 18.0 Å². The van der Waals surface area contributed by atoms with Crippen molar-refractivity contribution in [1.82, 2.24) is 10.2 Å². The molecule has 218 valence electrons. The van der Waals surface area contributed by atoms with Crippen molar-refractivity contribution in [2.75, 3.05) is 17.9 Å². The third-order valence-electron chi connectivity index (χ3n) is 7.06. The van der Waals surface area contributed by atoms with Gasteiger partial charge in [0.05, 0.1) is 10.6 Å². The molecule has 0 spiro atoms. The molecule has 0 bridgehead atoms. The summed E-state index contributed by atoms with van der Waals surface area (Å²) in [6, 6.07) is 29.0. The van der Waals surface area contributed by atoms with Gasteiger partial charge in [-0.15, -0.1) is 0 Å². The van der Waals surface area contributed by atoms with Gasteiger partial charge in [0, 0.05) is 25.0 Å². The Morgan fingerprint density at radius 2 is 1.43 bits per heavy atom. The molecule has 7 nitrogen and oxygen atoms in total. The van der Waals surface area contributed by atoms with Crippen LogP contribution in [0.2, 0.25) is 5.02 Å². The molecule has 0 heterocycles. The van der Waals surface area contributed by atoms with Gasteiger partial charge in [0.2, 0.25) is 11.8 Å². The third-order valence-corrected chi connectivity index (χ3v) is 9.08. The molecule has 4 rings (SSSR count). The van der Waals surface area contributed by atoms with Gasteiger partial charge >= 0.3 is 0 Å². The second-order valence-corrected chi connectivity index (χ2v) is 12.4. The first-order valence-electron chi connectivity index (χ1n) is 13.5. The fourth-order valence-corrected chi connectivity index (χ4v) is 6.31. The topological polar surface area (TPSA) is 86.8 Å². The minimum Gasteiger partial charge on any atom is -0.357 e. The fraction of sp³-hybridized carbons (Fsp3) is 0.212. The summed E-state index contributed by atoms with van der Waals surface area (Å²) in [7, 11) is -2.62. The zero-order chi connectivity index (χ0) is 30.3. The molecule has 0 aliphatic heterocycles. The minimum absolute atomic E-state index is 0.0699. The van der Waals surface area contributed by atoms with E-state index < -0.39 is 28.5 Å². The summed E-state index contributed by atoms with van der Waals surface area (Å²) in [6.45, 7) is 3.25. The Morgan fingerprint density at radius 3 is 2.05 bits per heavy atom. The van der Waals surface area contributed by atoms with Crippen LogP contribution in [0.4, 0.5) is 5.69 Å². The van der Waals surface area contributed by atoms with Crippen molar-refractivity contribution in [3.63, 3.8) is 0 Å². The van der Waals surface area contributed by atoms with Crippen molar-refractivity contribution in [3.8, 4) is 0 Å². The van der Waals surface area contributed by atoms with Crippen LogP contribution >= 0.6 is 11.6 Å². The zero-order valence-corrected chi connectivity index (χ0v) is 25.4. The number of nitrogens with one attached hydrogen (secondary N) is 1. The first-order valence-corrected chi connectivity index (χ1v) is 15.4. The summed E-state index contributed by atoms with van der Waals surface area (Å²) < 4.78 is 29.3. The fourth-order valence-electron chi connectivity index (χ4n) is 4.70. The van der Waals surface area contributed by atoms with E-state index in [1.54, 1.807) is 61.5 Å². The molecular weight excluding hydrogens is 570 g/mol. The summed E-state index contributed by atoms with van der Waals surface area (Å²) in [5, 5.41) is 3.23. The lowest BCUT2D eigenvalue weighted by molar-refractivity contribution is -0.139. The SMILES string of the molecule is CNC(=O)C(Cc1ccccc1)N(Cc1ccc(Cl)cc1)C(=O)CN(c1ccccc1C)S(=O)(=O)c1ccc(C)cc1. The summed E-state index contributed by atoms with van der Waals surface area (Å²) in [5.41, 5.74) is 3.60. The van der Waals surface area contributed by atoms with Gasteiger partial charge in [-0.3, -0.25) is 13.9 Å². The molecule has 1 atom stereocenters. The van der Waals surface area contributed by atoms with Crippen LogP contribution in [0.25, 0.3) is 0 Å². The third kappa shape index (κ3) is 7.38. The maximum Gasteiger partial charge on any atom is 0.264 e. The standard InChI is InChI=1S/C33H34ClN3O4S/c1-24-13-19-29(20-14-24)42(40,41)37(30-12-8-7-9-25(30)2)23-32(38)36(22-27-15-17-28(34)18-16-27)31(33(39)35-3)21-26-10-5-4-6-11-26/h4-20,31H,21-23H2,1-3H3,(H,35,39). The first kappa shape index (κ1) is 30.8. The summed E-state index contributed by atoms with van der Waals surface area (Å²) in [6.07, 6.45) is 0.245. The number of carbonyl (C=O) groups is 2. The van der Waals surface area contributed by atoms with Crippen molar-refractivity contribution in [1.29, 1.82) is 0 Å². The molecule has 0 saturated carbocycles. The number of hydrogen-bond donors (Lipinski definition) is 1. The maximum atomic E-state index is 14.3. The number of sulfonamides is 1. The molecule has 9 heteroatoms. The van der Waals surface area contributed by atoms with Crippen LogP contribution in [0.1, 0.15) is 22.3 Å². The quantitative estimate of drug-likeness (QED) is 0.244. The predicted molar refractivity (Wildman–Crippen MR) is 167 cm³/mol. The predicted octanol–water partition coefficient (Wildman–Crippen LogP) is 5.54. The number of hydrogen-bond acceptors (Lipinski definition) is 4. The molecule has 0 aliphatic rings. The Bertz CT molecular complexity index is 1630. The van der Waals surface area contributed by atoms with E-state index in [1.165, 1.54) is 24.1 Å². The number of para-hydroxylation sites is 1. The van der Waals surface area contributed by atoms with Crippen LogP contribution < -0.4 is 9.62 Å². The molecule has 0 aliphatic carbocycles. The smallest absolute Gasteiger partial charge is 0.264 e. The van der Waals surface area contributed by atoms with Gasteiger partial charge in [-0.25, -0.2) is 8.42 Å². The van der Waals surface area contributed by atoms with Crippen molar-refractivity contribution in [3.05, 3.63) is 130 Å². The van der Waals surface area contributed by atoms with Crippen LogP contribution in [0, 0.1) is 13.8 Å². The van der Waals surface area contributed by atoms with Crippen LogP contribution in [-0.4, -0.2) is 44.8 Å². The lowest BCUT2D eigenvalue weighted by Gasteiger charge is -2.34. The number of nitrogens with zero attached hydrogens (tertiary/aromatic N) is 2. The molecule has 0 saturated heterocycles. The first-order chi connectivity index (χ1) is 20.1. The van der Waals surface area contributed by atoms with Gasteiger partial charge < -0.3 is 10.2 Å². The van der Waals surface area contributed by atoms with Gasteiger partial charge in [0.1, 0.15) is 12.6 Å². The van der Waals surface area contributed by atoms with Crippen LogP contribution in [0.3, 0.4) is 0 Å². The number of aryl methyl sites for hydroxylation is 2. The van der Waals surface area contributed by atoms with E-state index in [1.807, 2.05) is 43.3 Å². The molecule has 4 aromatic rings. The van der Waals surface area contributed by atoms with E-state index >= 15 is 0 Å². The lowest BCUT2D eigenvalue weighted by atomic mass is 10.0. The minimum atomic E-state index is -4.14. The van der Waals surface area contributed by atoms with Gasteiger partial charge in [-0.1, -0.05) is 90.0 Å². The number of likely N-dealkylation sites (N-methyl/N-ethyl adjacent to an activating group) is 1. The van der Waals surface area contributed by atoms with E-state index in [-0.39, 0.29) is 23.8 Å². The molecule has 2 amide bonds. The Kier molecular flexibility index (Phi) is 10.0. The van der Waals surface area contributed by atoms with Crippen LogP contribution in [0.5, 0.6) is 0 Å². The van der Waals surface area contributed by atoms with Crippen LogP contribution in [0.15, 0.2) is 108 Å². The highest BCUT2D eigenvalue weighted by Gasteiger charge is 2.34. The largest absolute Gasteiger partial charge is 0.357 e. The molecule has 0 aromatic heterocycles. The van der Waals surface area contributed by atoms with E-state index in [9.17, 15) is 18.0 Å². The van der Waals surface area contributed by atoms with Gasteiger partial charge in [0.25, 0.3) is 10.0 Å². The average Bonchev–Trinajstić information content (AvgIpc) is 2.99. The maximum absolute atomic E-state index is 14.3. The Balaban J connectivity index is 1.79. The van der Waals surface area contributed by atoms with Crippen molar-refractivity contribution in [2.45, 2.75) is 37.8 Å². The number of benzene rings is 4. The molecule has 1 N–H and O–H groups in total. The summed E-state index contributed by atoms with van der Waals surface area (Å²) in [5.74, 6) is -0.876. The molecule has 1 unspecified atom stereocenters. The monoisotopic (exact) mass is 603 g/mol. The highest BCUT2D eigenvalue weighted by molar-refractivity contribution is 7.92. The van der Waals surface area contributed by atoms with Gasteiger partial charge in [-0.2, -0.15) is 0 Å². The molecule has 0 fully saturated rings. The number of anilines is 1. The zero-order valence-electron chi connectivity index (χ0n) is 23.8. The Hall–Kier alpha value is -4.14. The number of halogens is 1. The van der Waals surface area contributed by atoms with Gasteiger partial charge in [0.15, 0.2) is 0 Å². The Labute approximate surface area is 252 Å².